The zero-order chi connectivity index (χ0) is 16.5. The summed E-state index contributed by atoms with van der Waals surface area (Å²) in [4.78, 5) is 0. The molecule has 6 atom stereocenters. The van der Waals surface area contributed by atoms with Gasteiger partial charge in [0.05, 0.1) is 30.0 Å². The van der Waals surface area contributed by atoms with Crippen molar-refractivity contribution in [1.82, 2.24) is 0 Å². The van der Waals surface area contributed by atoms with Gasteiger partial charge < -0.3 is 28.4 Å². The molecule has 2 spiro atoms. The SMILES string of the molecule is C1CCC2(CC1)O[C@H]1[C@H]3CC4(C[C@H]1O2)OC(CC1OCO1)CCC4O3. The van der Waals surface area contributed by atoms with Gasteiger partial charge in [0.15, 0.2) is 18.9 Å². The molecule has 0 radical (unpaired) electrons. The van der Waals surface area contributed by atoms with Gasteiger partial charge in [-0.3, -0.25) is 0 Å². The fourth-order valence-corrected chi connectivity index (χ4v) is 6.01. The van der Waals surface area contributed by atoms with Gasteiger partial charge in [0.25, 0.3) is 0 Å². The molecule has 3 unspecified atom stereocenters. The lowest BCUT2D eigenvalue weighted by atomic mass is 9.76. The van der Waals surface area contributed by atoms with Crippen LogP contribution < -0.4 is 0 Å². The van der Waals surface area contributed by atoms with Gasteiger partial charge in [-0.15, -0.1) is 0 Å². The highest BCUT2D eigenvalue weighted by molar-refractivity contribution is 5.12. The first-order valence-corrected chi connectivity index (χ1v) is 10.2. The minimum atomic E-state index is -0.338. The second-order valence-electron chi connectivity index (χ2n) is 8.78. The van der Waals surface area contributed by atoms with E-state index in [4.69, 9.17) is 28.4 Å². The zero-order valence-electron chi connectivity index (χ0n) is 14.7. The largest absolute Gasteiger partial charge is 0.369 e. The van der Waals surface area contributed by atoms with E-state index in [9.17, 15) is 0 Å². The molecule has 25 heavy (non-hydrogen) atoms. The van der Waals surface area contributed by atoms with Crippen molar-refractivity contribution in [2.75, 3.05) is 6.79 Å². The maximum atomic E-state index is 6.64. The normalized spacial score (nSPS) is 51.1. The molecule has 6 aliphatic rings. The lowest BCUT2D eigenvalue weighted by molar-refractivity contribution is -0.333. The van der Waals surface area contributed by atoms with Crippen LogP contribution in [0.1, 0.15) is 64.2 Å². The molecule has 6 nitrogen and oxygen atoms in total. The van der Waals surface area contributed by atoms with Crippen LogP contribution in [-0.4, -0.2) is 55.0 Å². The molecule has 0 aromatic carbocycles. The molecule has 6 rings (SSSR count). The summed E-state index contributed by atoms with van der Waals surface area (Å²) in [6.45, 7) is 0.424. The summed E-state index contributed by atoms with van der Waals surface area (Å²) in [5.41, 5.74) is -0.192. The topological polar surface area (TPSA) is 55.4 Å². The van der Waals surface area contributed by atoms with Crippen LogP contribution in [0.3, 0.4) is 0 Å². The lowest BCUT2D eigenvalue weighted by Crippen LogP contribution is -2.54. The summed E-state index contributed by atoms with van der Waals surface area (Å²) < 4.78 is 36.9. The highest BCUT2D eigenvalue weighted by Crippen LogP contribution is 2.55. The van der Waals surface area contributed by atoms with Crippen molar-refractivity contribution in [2.24, 2.45) is 0 Å². The minimum Gasteiger partial charge on any atom is -0.369 e. The molecule has 0 aromatic rings. The summed E-state index contributed by atoms with van der Waals surface area (Å²) in [7, 11) is 0. The third-order valence-corrected chi connectivity index (χ3v) is 7.20. The van der Waals surface area contributed by atoms with Gasteiger partial charge in [-0.25, -0.2) is 0 Å². The molecule has 4 heterocycles. The van der Waals surface area contributed by atoms with Crippen molar-refractivity contribution in [1.29, 1.82) is 0 Å². The van der Waals surface area contributed by atoms with Crippen LogP contribution in [0.5, 0.6) is 0 Å². The van der Waals surface area contributed by atoms with E-state index in [2.05, 4.69) is 0 Å². The van der Waals surface area contributed by atoms with Crippen LogP contribution >= 0.6 is 0 Å². The third-order valence-electron chi connectivity index (χ3n) is 7.20. The third kappa shape index (κ3) is 2.45. The van der Waals surface area contributed by atoms with Crippen LogP contribution in [-0.2, 0) is 28.4 Å². The van der Waals surface area contributed by atoms with E-state index in [1.54, 1.807) is 0 Å². The smallest absolute Gasteiger partial charge is 0.169 e. The average molecular weight is 352 g/mol. The standard InChI is InChI=1S/C19H28O6/c1-2-6-19(7-3-1)24-14-10-18-9-13(17(14)25-19)22-15(18)5-4-12(23-18)8-16-20-11-21-16/h12-17H,1-11H2/t12?,13-,14-,15?,17+,18?/m1/s1. The molecule has 4 aliphatic heterocycles. The Balaban J connectivity index is 1.19. The van der Waals surface area contributed by atoms with Crippen molar-refractivity contribution >= 4 is 0 Å². The molecule has 0 N–H and O–H groups in total. The molecule has 140 valence electrons. The molecule has 2 saturated carbocycles. The van der Waals surface area contributed by atoms with Crippen molar-refractivity contribution in [3.63, 3.8) is 0 Å². The zero-order valence-corrected chi connectivity index (χ0v) is 14.7. The molecule has 2 bridgehead atoms. The molecular weight excluding hydrogens is 324 g/mol. The highest BCUT2D eigenvalue weighted by atomic mass is 16.8. The summed E-state index contributed by atoms with van der Waals surface area (Å²) in [5.74, 6) is -0.338. The molecule has 0 amide bonds. The fraction of sp³-hybridized carbons (Fsp3) is 1.00. The predicted molar refractivity (Wildman–Crippen MR) is 85.7 cm³/mol. The predicted octanol–water partition coefficient (Wildman–Crippen LogP) is 2.63. The maximum absolute atomic E-state index is 6.64. The Morgan fingerprint density at radius 1 is 0.840 bits per heavy atom. The minimum absolute atomic E-state index is 0.0796. The van der Waals surface area contributed by atoms with Gasteiger partial charge in [-0.2, -0.15) is 0 Å². The molecule has 2 aliphatic carbocycles. The van der Waals surface area contributed by atoms with E-state index >= 15 is 0 Å². The Labute approximate surface area is 148 Å². The van der Waals surface area contributed by atoms with Crippen molar-refractivity contribution < 1.29 is 28.4 Å². The van der Waals surface area contributed by atoms with E-state index in [-0.39, 0.29) is 48.2 Å². The Morgan fingerprint density at radius 3 is 2.48 bits per heavy atom. The first-order chi connectivity index (χ1) is 12.2. The van der Waals surface area contributed by atoms with E-state index in [1.807, 2.05) is 0 Å². The maximum Gasteiger partial charge on any atom is 0.169 e. The number of rotatable bonds is 2. The molecule has 6 heteroatoms. The Bertz CT molecular complexity index is 530. The molecular formula is C19H28O6. The van der Waals surface area contributed by atoms with Crippen LogP contribution in [0.2, 0.25) is 0 Å². The second-order valence-corrected chi connectivity index (χ2v) is 8.78. The van der Waals surface area contributed by atoms with Crippen LogP contribution in [0.15, 0.2) is 0 Å². The summed E-state index contributed by atoms with van der Waals surface area (Å²) in [5, 5.41) is 0. The molecule has 6 fully saturated rings. The number of hydrogen-bond donors (Lipinski definition) is 0. The number of ether oxygens (including phenoxy) is 6. The first-order valence-electron chi connectivity index (χ1n) is 10.2. The summed E-state index contributed by atoms with van der Waals surface area (Å²) in [6, 6.07) is 0. The van der Waals surface area contributed by atoms with E-state index in [0.717, 1.165) is 44.9 Å². The summed E-state index contributed by atoms with van der Waals surface area (Å²) in [6.07, 6.45) is 11.2. The van der Waals surface area contributed by atoms with Gasteiger partial charge in [-0.05, 0) is 25.7 Å². The monoisotopic (exact) mass is 352 g/mol. The van der Waals surface area contributed by atoms with E-state index < -0.39 is 0 Å². The molecule has 4 saturated heterocycles. The molecule has 0 aromatic heterocycles. The quantitative estimate of drug-likeness (QED) is 0.761. The van der Waals surface area contributed by atoms with E-state index in [1.165, 1.54) is 19.3 Å². The highest BCUT2D eigenvalue weighted by Gasteiger charge is 2.65. The number of hydrogen-bond acceptors (Lipinski definition) is 6. The van der Waals surface area contributed by atoms with Gasteiger partial charge in [0.2, 0.25) is 0 Å². The van der Waals surface area contributed by atoms with Crippen LogP contribution in [0, 0.1) is 0 Å². The average Bonchev–Trinajstić information content (AvgIpc) is 3.07. The van der Waals surface area contributed by atoms with E-state index in [0.29, 0.717) is 6.79 Å². The first kappa shape index (κ1) is 15.8. The van der Waals surface area contributed by atoms with Gasteiger partial charge >= 0.3 is 0 Å². The summed E-state index contributed by atoms with van der Waals surface area (Å²) >= 11 is 0. The van der Waals surface area contributed by atoms with Gasteiger partial charge in [-0.1, -0.05) is 6.42 Å². The van der Waals surface area contributed by atoms with Crippen LogP contribution in [0.4, 0.5) is 0 Å². The fourth-order valence-electron chi connectivity index (χ4n) is 6.01. The number of fused-ring (bicyclic) bond motifs is 3. The second kappa shape index (κ2) is 5.63. The van der Waals surface area contributed by atoms with Crippen LogP contribution in [0.25, 0.3) is 0 Å². The lowest BCUT2D eigenvalue weighted by Gasteiger charge is -2.45. The van der Waals surface area contributed by atoms with Crippen molar-refractivity contribution in [3.05, 3.63) is 0 Å². The Morgan fingerprint density at radius 2 is 1.68 bits per heavy atom. The Kier molecular flexibility index (Phi) is 3.55. The van der Waals surface area contributed by atoms with Crippen molar-refractivity contribution in [3.8, 4) is 0 Å². The van der Waals surface area contributed by atoms with Crippen molar-refractivity contribution in [2.45, 2.75) is 112 Å². The van der Waals surface area contributed by atoms with Gasteiger partial charge in [0, 0.05) is 32.1 Å². The van der Waals surface area contributed by atoms with Gasteiger partial charge in [0.1, 0.15) is 6.10 Å². The Hall–Kier alpha value is -0.240.